The lowest BCUT2D eigenvalue weighted by molar-refractivity contribution is -0.117. The van der Waals surface area contributed by atoms with Crippen LogP contribution in [0.3, 0.4) is 0 Å². The highest BCUT2D eigenvalue weighted by atomic mass is 35.5. The first-order valence-electron chi connectivity index (χ1n) is 7.58. The average molecular weight is 309 g/mol. The summed E-state index contributed by atoms with van der Waals surface area (Å²) in [6.07, 6.45) is 5.93. The number of hydrogen-bond acceptors (Lipinski definition) is 3. The third kappa shape index (κ3) is 3.16. The first-order valence-corrected chi connectivity index (χ1v) is 7.95. The van der Waals surface area contributed by atoms with Gasteiger partial charge in [0.1, 0.15) is 5.75 Å². The summed E-state index contributed by atoms with van der Waals surface area (Å²) in [5, 5.41) is 6.90. The maximum atomic E-state index is 12.4. The van der Waals surface area contributed by atoms with Gasteiger partial charge in [-0.05, 0) is 37.3 Å². The van der Waals surface area contributed by atoms with Crippen molar-refractivity contribution in [1.29, 1.82) is 0 Å². The van der Waals surface area contributed by atoms with E-state index in [4.69, 9.17) is 16.3 Å². The highest BCUT2D eigenvalue weighted by molar-refractivity contribution is 6.33. The van der Waals surface area contributed by atoms with E-state index in [0.29, 0.717) is 28.4 Å². The molecular weight excluding hydrogens is 288 g/mol. The number of halogens is 1. The Morgan fingerprint density at radius 1 is 1.38 bits per heavy atom. The molecular formula is C16H21ClN2O2. The highest BCUT2D eigenvalue weighted by Gasteiger charge is 2.38. The van der Waals surface area contributed by atoms with Crippen LogP contribution in [0.1, 0.15) is 32.1 Å². The van der Waals surface area contributed by atoms with Gasteiger partial charge in [0.15, 0.2) is 0 Å². The molecule has 1 aromatic carbocycles. The van der Waals surface area contributed by atoms with E-state index in [1.165, 1.54) is 25.7 Å². The molecule has 1 heterocycles. The molecule has 1 amide bonds. The number of amides is 1. The Hall–Kier alpha value is -1.26. The van der Waals surface area contributed by atoms with Crippen molar-refractivity contribution in [2.75, 3.05) is 12.4 Å². The molecule has 1 saturated heterocycles. The molecule has 5 heteroatoms. The minimum atomic E-state index is -0.101. The van der Waals surface area contributed by atoms with Crippen LogP contribution in [0.15, 0.2) is 18.2 Å². The number of hydrogen-bond donors (Lipinski definition) is 2. The molecule has 3 unspecified atom stereocenters. The van der Waals surface area contributed by atoms with Crippen LogP contribution in [0.2, 0.25) is 5.02 Å². The lowest BCUT2D eigenvalue weighted by Crippen LogP contribution is -2.39. The minimum Gasteiger partial charge on any atom is -0.497 e. The summed E-state index contributed by atoms with van der Waals surface area (Å²) in [4.78, 5) is 12.4. The quantitative estimate of drug-likeness (QED) is 0.901. The van der Waals surface area contributed by atoms with Gasteiger partial charge in [0.2, 0.25) is 5.91 Å². The van der Waals surface area contributed by atoms with Crippen molar-refractivity contribution in [1.82, 2.24) is 5.32 Å². The van der Waals surface area contributed by atoms with Crippen molar-refractivity contribution in [2.24, 2.45) is 5.92 Å². The van der Waals surface area contributed by atoms with Gasteiger partial charge in [-0.1, -0.05) is 24.4 Å². The van der Waals surface area contributed by atoms with E-state index in [1.54, 1.807) is 25.3 Å². The van der Waals surface area contributed by atoms with Crippen molar-refractivity contribution in [3.63, 3.8) is 0 Å². The lowest BCUT2D eigenvalue weighted by Gasteiger charge is -2.24. The van der Waals surface area contributed by atoms with Gasteiger partial charge < -0.3 is 15.4 Å². The number of methoxy groups -OCH3 is 1. The minimum absolute atomic E-state index is 0.0106. The van der Waals surface area contributed by atoms with Crippen molar-refractivity contribution in [3.8, 4) is 5.75 Å². The van der Waals surface area contributed by atoms with Crippen molar-refractivity contribution in [3.05, 3.63) is 23.2 Å². The van der Waals surface area contributed by atoms with Crippen molar-refractivity contribution in [2.45, 2.75) is 44.2 Å². The van der Waals surface area contributed by atoms with Crippen LogP contribution in [0.5, 0.6) is 5.75 Å². The number of fused-ring (bicyclic) bond motifs is 1. The third-order valence-electron chi connectivity index (χ3n) is 4.61. The number of anilines is 1. The highest BCUT2D eigenvalue weighted by Crippen LogP contribution is 2.34. The third-order valence-corrected chi connectivity index (χ3v) is 4.93. The molecule has 0 aromatic heterocycles. The van der Waals surface area contributed by atoms with E-state index in [-0.39, 0.29) is 11.9 Å². The molecule has 0 radical (unpaired) electrons. The van der Waals surface area contributed by atoms with Gasteiger partial charge in [0, 0.05) is 12.1 Å². The Labute approximate surface area is 130 Å². The summed E-state index contributed by atoms with van der Waals surface area (Å²) in [7, 11) is 1.59. The number of carbonyl (C=O) groups is 1. The molecule has 1 aromatic rings. The van der Waals surface area contributed by atoms with Gasteiger partial charge in [0.25, 0.3) is 0 Å². The number of rotatable bonds is 3. The van der Waals surface area contributed by atoms with Crippen LogP contribution >= 0.6 is 11.6 Å². The normalized spacial score (nSPS) is 28.0. The summed E-state index contributed by atoms with van der Waals surface area (Å²) in [6.45, 7) is 0. The second kappa shape index (κ2) is 6.24. The predicted molar refractivity (Wildman–Crippen MR) is 83.9 cm³/mol. The zero-order valence-corrected chi connectivity index (χ0v) is 13.0. The molecule has 21 heavy (non-hydrogen) atoms. The van der Waals surface area contributed by atoms with Gasteiger partial charge in [-0.15, -0.1) is 0 Å². The van der Waals surface area contributed by atoms with Crippen molar-refractivity contribution >= 4 is 23.2 Å². The van der Waals surface area contributed by atoms with Crippen LogP contribution in [-0.4, -0.2) is 25.1 Å². The van der Waals surface area contributed by atoms with E-state index in [9.17, 15) is 4.79 Å². The standard InChI is InChI=1S/C16H21ClN2O2/c1-21-11-6-7-14(12(17)9-11)19-16(20)15-8-10-4-2-3-5-13(10)18-15/h6-7,9-10,13,15,18H,2-5,8H2,1H3,(H,19,20). The summed E-state index contributed by atoms with van der Waals surface area (Å²) in [5.41, 5.74) is 0.638. The first-order chi connectivity index (χ1) is 10.2. The maximum Gasteiger partial charge on any atom is 0.241 e. The van der Waals surface area contributed by atoms with Crippen LogP contribution in [0.25, 0.3) is 0 Å². The topological polar surface area (TPSA) is 50.4 Å². The molecule has 0 bridgehead atoms. The fraction of sp³-hybridized carbons (Fsp3) is 0.562. The van der Waals surface area contributed by atoms with Crippen molar-refractivity contribution < 1.29 is 9.53 Å². The van der Waals surface area contributed by atoms with E-state index < -0.39 is 0 Å². The fourth-order valence-electron chi connectivity index (χ4n) is 3.47. The summed E-state index contributed by atoms with van der Waals surface area (Å²) < 4.78 is 5.11. The van der Waals surface area contributed by atoms with Gasteiger partial charge in [-0.25, -0.2) is 0 Å². The van der Waals surface area contributed by atoms with Crippen LogP contribution in [-0.2, 0) is 4.79 Å². The van der Waals surface area contributed by atoms with E-state index in [1.807, 2.05) is 0 Å². The average Bonchev–Trinajstić information content (AvgIpc) is 2.93. The summed E-state index contributed by atoms with van der Waals surface area (Å²) >= 11 is 6.17. The number of ether oxygens (including phenoxy) is 1. The van der Waals surface area contributed by atoms with Gasteiger partial charge in [-0.3, -0.25) is 4.79 Å². The molecule has 2 fully saturated rings. The Bertz CT molecular complexity index is 521. The molecule has 3 atom stereocenters. The SMILES string of the molecule is COc1ccc(NC(=O)C2CC3CCCCC3N2)c(Cl)c1. The second-order valence-corrected chi connectivity index (χ2v) is 6.35. The Morgan fingerprint density at radius 2 is 2.19 bits per heavy atom. The molecule has 0 spiro atoms. The molecule has 1 aliphatic carbocycles. The Morgan fingerprint density at radius 3 is 2.90 bits per heavy atom. The van der Waals surface area contributed by atoms with Gasteiger partial charge in [0.05, 0.1) is 23.9 Å². The number of carbonyl (C=O) groups excluding carboxylic acids is 1. The number of benzene rings is 1. The molecule has 2 aliphatic rings. The van der Waals surface area contributed by atoms with Gasteiger partial charge in [-0.2, -0.15) is 0 Å². The molecule has 2 N–H and O–H groups in total. The van der Waals surface area contributed by atoms with E-state index in [0.717, 1.165) is 6.42 Å². The zero-order valence-electron chi connectivity index (χ0n) is 12.2. The Balaban J connectivity index is 1.64. The monoisotopic (exact) mass is 308 g/mol. The van der Waals surface area contributed by atoms with E-state index in [2.05, 4.69) is 10.6 Å². The lowest BCUT2D eigenvalue weighted by atomic mass is 9.85. The summed E-state index contributed by atoms with van der Waals surface area (Å²) in [6, 6.07) is 5.70. The van der Waals surface area contributed by atoms with Gasteiger partial charge >= 0.3 is 0 Å². The summed E-state index contributed by atoms with van der Waals surface area (Å²) in [5.74, 6) is 1.35. The van der Waals surface area contributed by atoms with Crippen LogP contribution < -0.4 is 15.4 Å². The molecule has 114 valence electrons. The zero-order chi connectivity index (χ0) is 14.8. The molecule has 1 aliphatic heterocycles. The molecule has 4 nitrogen and oxygen atoms in total. The fourth-order valence-corrected chi connectivity index (χ4v) is 3.68. The molecule has 1 saturated carbocycles. The van der Waals surface area contributed by atoms with E-state index >= 15 is 0 Å². The number of nitrogens with one attached hydrogen (secondary N) is 2. The molecule has 3 rings (SSSR count). The van der Waals surface area contributed by atoms with Crippen LogP contribution in [0, 0.1) is 5.92 Å². The Kier molecular flexibility index (Phi) is 4.36. The van der Waals surface area contributed by atoms with Crippen LogP contribution in [0.4, 0.5) is 5.69 Å². The maximum absolute atomic E-state index is 12.4. The largest absolute Gasteiger partial charge is 0.497 e. The first kappa shape index (κ1) is 14.7. The second-order valence-electron chi connectivity index (χ2n) is 5.94. The smallest absolute Gasteiger partial charge is 0.241 e. The predicted octanol–water partition coefficient (Wildman–Crippen LogP) is 3.21.